The van der Waals surface area contributed by atoms with E-state index in [-0.39, 0.29) is 42.1 Å². The van der Waals surface area contributed by atoms with Crippen LogP contribution >= 0.6 is 11.6 Å². The summed E-state index contributed by atoms with van der Waals surface area (Å²) in [6, 6.07) is 1.71. The highest BCUT2D eigenvalue weighted by Gasteiger charge is 2.23. The van der Waals surface area contributed by atoms with Gasteiger partial charge >= 0.3 is 6.09 Å². The molecule has 0 radical (unpaired) electrons. The van der Waals surface area contributed by atoms with Gasteiger partial charge in [-0.15, -0.1) is 0 Å². The number of methoxy groups -OCH3 is 1. The summed E-state index contributed by atoms with van der Waals surface area (Å²) < 4.78 is 20.3. The number of likely N-dealkylation sites (N-methyl/N-ethyl adjacent to an activating group) is 1. The zero-order chi connectivity index (χ0) is 30.3. The molecule has 12 nitrogen and oxygen atoms in total. The van der Waals surface area contributed by atoms with Gasteiger partial charge in [-0.05, 0) is 43.4 Å². The molecular formula is C27H33ClFN7O5. The van der Waals surface area contributed by atoms with Crippen LogP contribution in [0.1, 0.15) is 38.1 Å². The van der Waals surface area contributed by atoms with Gasteiger partial charge in [0.25, 0.3) is 5.56 Å². The van der Waals surface area contributed by atoms with Crippen molar-refractivity contribution >= 4 is 46.4 Å². The molecule has 220 valence electrons. The fourth-order valence-corrected chi connectivity index (χ4v) is 4.15. The predicted octanol–water partition coefficient (Wildman–Crippen LogP) is 3.25. The molecule has 0 aliphatic rings. The summed E-state index contributed by atoms with van der Waals surface area (Å²) in [5.41, 5.74) is 0.494. The Morgan fingerprint density at radius 3 is 2.66 bits per heavy atom. The Labute approximate surface area is 240 Å². The van der Waals surface area contributed by atoms with Gasteiger partial charge in [0.05, 0.1) is 25.4 Å². The minimum Gasteiger partial charge on any atom is -0.453 e. The molecule has 1 atom stereocenters. The van der Waals surface area contributed by atoms with E-state index in [1.165, 1.54) is 27.7 Å². The summed E-state index contributed by atoms with van der Waals surface area (Å²) in [6.07, 6.45) is 4.11. The van der Waals surface area contributed by atoms with Crippen molar-refractivity contribution in [3.05, 3.63) is 63.2 Å². The van der Waals surface area contributed by atoms with Crippen LogP contribution in [0.15, 0.2) is 35.3 Å². The van der Waals surface area contributed by atoms with Gasteiger partial charge in [-0.1, -0.05) is 31.5 Å². The molecule has 0 aliphatic carbocycles. The molecule has 3 aromatic heterocycles. The lowest BCUT2D eigenvalue weighted by Gasteiger charge is -2.17. The second kappa shape index (κ2) is 13.9. The third kappa shape index (κ3) is 8.13. The molecule has 0 saturated carbocycles. The van der Waals surface area contributed by atoms with Crippen molar-refractivity contribution in [1.29, 1.82) is 0 Å². The normalized spacial score (nSPS) is 12.1. The molecule has 0 fully saturated rings. The van der Waals surface area contributed by atoms with Gasteiger partial charge < -0.3 is 25.3 Å². The van der Waals surface area contributed by atoms with Gasteiger partial charge in [-0.2, -0.15) is 0 Å². The topological polar surface area (TPSA) is 151 Å². The lowest BCUT2D eigenvalue weighted by molar-refractivity contribution is -0.123. The van der Waals surface area contributed by atoms with Crippen LogP contribution in [-0.4, -0.2) is 69.6 Å². The van der Waals surface area contributed by atoms with E-state index in [9.17, 15) is 23.6 Å². The Balaban J connectivity index is 1.83. The average molecular weight is 590 g/mol. The maximum Gasteiger partial charge on any atom is 0.407 e. The summed E-state index contributed by atoms with van der Waals surface area (Å²) >= 11 is 6.32. The van der Waals surface area contributed by atoms with Crippen LogP contribution in [0.5, 0.6) is 0 Å². The van der Waals surface area contributed by atoms with E-state index in [1.54, 1.807) is 20.2 Å². The fraction of sp³-hybridized carbons (Fsp3) is 0.407. The molecule has 0 bridgehead atoms. The SMILES string of the molecule is COC(=O)N[C@@H](CC/C=C/C(=O)N(C)C)C(=O)Nc1ccc(Cl)n(Cc2nc3ncc(F)c(CC(C)C)c3[nH]2)c1=O. The molecular weight excluding hydrogens is 557 g/mol. The summed E-state index contributed by atoms with van der Waals surface area (Å²) in [4.78, 5) is 62.8. The number of anilines is 1. The van der Waals surface area contributed by atoms with Gasteiger partial charge in [-0.3, -0.25) is 19.0 Å². The largest absolute Gasteiger partial charge is 0.453 e. The number of carbonyl (C=O) groups is 3. The van der Waals surface area contributed by atoms with Crippen LogP contribution in [0.2, 0.25) is 5.15 Å². The van der Waals surface area contributed by atoms with Crippen LogP contribution in [0, 0.1) is 11.7 Å². The lowest BCUT2D eigenvalue weighted by atomic mass is 10.0. The molecule has 3 N–H and O–H groups in total. The Hall–Kier alpha value is -4.26. The quantitative estimate of drug-likeness (QED) is 0.229. The molecule has 0 aromatic carbocycles. The number of nitrogens with one attached hydrogen (secondary N) is 3. The van der Waals surface area contributed by atoms with Crippen LogP contribution in [0.3, 0.4) is 0 Å². The number of alkyl carbamates (subject to hydrolysis) is 1. The minimum atomic E-state index is -1.07. The highest BCUT2D eigenvalue weighted by atomic mass is 35.5. The van der Waals surface area contributed by atoms with Gasteiger partial charge in [0.2, 0.25) is 11.8 Å². The molecule has 0 unspecified atom stereocenters. The monoisotopic (exact) mass is 589 g/mol. The maximum absolute atomic E-state index is 14.5. The van der Waals surface area contributed by atoms with Crippen molar-refractivity contribution in [2.45, 2.75) is 45.7 Å². The lowest BCUT2D eigenvalue weighted by Crippen LogP contribution is -2.44. The maximum atomic E-state index is 14.5. The van der Waals surface area contributed by atoms with E-state index in [0.717, 1.165) is 13.3 Å². The number of H-pyrrole nitrogens is 1. The number of ether oxygens (including phenoxy) is 1. The number of hydrogen-bond acceptors (Lipinski definition) is 7. The Morgan fingerprint density at radius 2 is 2.00 bits per heavy atom. The second-order valence-electron chi connectivity index (χ2n) is 9.92. The first-order chi connectivity index (χ1) is 19.4. The summed E-state index contributed by atoms with van der Waals surface area (Å²) in [7, 11) is 4.37. The highest BCUT2D eigenvalue weighted by molar-refractivity contribution is 6.29. The van der Waals surface area contributed by atoms with E-state index >= 15 is 0 Å². The summed E-state index contributed by atoms with van der Waals surface area (Å²) in [5.74, 6) is -0.838. The minimum absolute atomic E-state index is 0.0786. The van der Waals surface area contributed by atoms with Gasteiger partial charge in [0, 0.05) is 19.7 Å². The number of fused-ring (bicyclic) bond motifs is 1. The van der Waals surface area contributed by atoms with Crippen molar-refractivity contribution in [3.8, 4) is 0 Å². The van der Waals surface area contributed by atoms with Crippen LogP contribution in [-0.2, 0) is 27.3 Å². The van der Waals surface area contributed by atoms with Gasteiger partial charge in [-0.25, -0.2) is 19.2 Å². The molecule has 0 aliphatic heterocycles. The third-order valence-corrected chi connectivity index (χ3v) is 6.37. The third-order valence-electron chi connectivity index (χ3n) is 6.04. The number of allylic oxidation sites excluding steroid dienone is 1. The zero-order valence-corrected chi connectivity index (χ0v) is 24.2. The summed E-state index contributed by atoms with van der Waals surface area (Å²) in [6.45, 7) is 3.83. The number of aromatic nitrogens is 4. The summed E-state index contributed by atoms with van der Waals surface area (Å²) in [5, 5.41) is 5.04. The molecule has 3 heterocycles. The van der Waals surface area contributed by atoms with E-state index in [4.69, 9.17) is 11.6 Å². The number of imidazole rings is 1. The number of aromatic amines is 1. The van der Waals surface area contributed by atoms with Crippen molar-refractivity contribution in [2.24, 2.45) is 5.92 Å². The van der Waals surface area contributed by atoms with Crippen LogP contribution < -0.4 is 16.2 Å². The molecule has 14 heteroatoms. The average Bonchev–Trinajstić information content (AvgIpc) is 3.34. The standard InChI is InChI=1S/C27H33ClFN7O5/c1-15(2)12-16-17(29)13-30-24-23(16)33-21(34-24)14-36-20(28)11-10-19(26(36)39)31-25(38)18(32-27(40)41-5)8-6-7-9-22(37)35(3)4/h7,9-11,13,15,18H,6,8,12,14H2,1-5H3,(H,31,38)(H,32,40)(H,30,33,34)/b9-7+/t18-/m0/s1. The van der Waals surface area contributed by atoms with Crippen LogP contribution in [0.25, 0.3) is 11.2 Å². The van der Waals surface area contributed by atoms with Gasteiger partial charge in [0.15, 0.2) is 5.65 Å². The molecule has 3 amide bonds. The number of nitrogens with zero attached hydrogens (tertiary/aromatic N) is 4. The molecule has 3 aromatic rings. The Morgan fingerprint density at radius 1 is 1.27 bits per heavy atom. The van der Waals surface area contributed by atoms with E-state index in [2.05, 4.69) is 30.3 Å². The van der Waals surface area contributed by atoms with E-state index < -0.39 is 29.4 Å². The van der Waals surface area contributed by atoms with Crippen molar-refractivity contribution in [2.75, 3.05) is 26.5 Å². The molecule has 0 saturated heterocycles. The van der Waals surface area contributed by atoms with Gasteiger partial charge in [0.1, 0.15) is 28.5 Å². The first-order valence-electron chi connectivity index (χ1n) is 12.9. The number of hydrogen-bond donors (Lipinski definition) is 3. The predicted molar refractivity (Wildman–Crippen MR) is 152 cm³/mol. The molecule has 3 rings (SSSR count). The smallest absolute Gasteiger partial charge is 0.407 e. The first-order valence-corrected chi connectivity index (χ1v) is 13.2. The zero-order valence-electron chi connectivity index (χ0n) is 23.5. The van der Waals surface area contributed by atoms with Crippen molar-refractivity contribution in [1.82, 2.24) is 29.7 Å². The van der Waals surface area contributed by atoms with E-state index in [0.29, 0.717) is 29.0 Å². The number of carbonyl (C=O) groups excluding carboxylic acids is 3. The van der Waals surface area contributed by atoms with Crippen molar-refractivity contribution in [3.63, 3.8) is 0 Å². The Kier molecular flexibility index (Phi) is 10.6. The highest BCUT2D eigenvalue weighted by Crippen LogP contribution is 2.22. The van der Waals surface area contributed by atoms with Crippen molar-refractivity contribution < 1.29 is 23.5 Å². The second-order valence-corrected chi connectivity index (χ2v) is 10.3. The van der Waals surface area contributed by atoms with Crippen LogP contribution in [0.4, 0.5) is 14.9 Å². The number of amides is 3. The fourth-order valence-electron chi connectivity index (χ4n) is 3.95. The number of rotatable bonds is 11. The molecule has 0 spiro atoms. The van der Waals surface area contributed by atoms with E-state index in [1.807, 2.05) is 13.8 Å². The molecule has 41 heavy (non-hydrogen) atoms. The number of halogens is 2. The number of pyridine rings is 2. The Bertz CT molecular complexity index is 1520. The first kappa shape index (κ1) is 31.3.